The molecule has 0 bridgehead atoms. The Balaban J connectivity index is 1.71. The number of hydrogen-bond donors (Lipinski definition) is 2. The molecule has 0 aliphatic heterocycles. The predicted octanol–water partition coefficient (Wildman–Crippen LogP) is 3.79. The maximum atomic E-state index is 12.4. The van der Waals surface area contributed by atoms with Crippen LogP contribution in [0.1, 0.15) is 38.0 Å². The molecule has 6 nitrogen and oxygen atoms in total. The second-order valence-electron chi connectivity index (χ2n) is 5.87. The van der Waals surface area contributed by atoms with E-state index in [2.05, 4.69) is 15.6 Å². The lowest BCUT2D eigenvalue weighted by Gasteiger charge is -2.08. The number of benzene rings is 2. The third-order valence-electron chi connectivity index (χ3n) is 3.84. The molecule has 3 rings (SSSR count). The van der Waals surface area contributed by atoms with E-state index < -0.39 is 5.91 Å². The van der Waals surface area contributed by atoms with Crippen molar-refractivity contribution in [3.63, 3.8) is 0 Å². The van der Waals surface area contributed by atoms with Crippen molar-refractivity contribution in [1.29, 1.82) is 0 Å². The second-order valence-corrected chi connectivity index (χ2v) is 5.87. The minimum Gasteiger partial charge on any atom is -0.322 e. The van der Waals surface area contributed by atoms with Gasteiger partial charge in [-0.05, 0) is 49.4 Å². The number of rotatable bonds is 5. The average Bonchev–Trinajstić information content (AvgIpc) is 2.69. The summed E-state index contributed by atoms with van der Waals surface area (Å²) in [5.74, 6) is -0.796. The van der Waals surface area contributed by atoms with E-state index in [0.29, 0.717) is 16.9 Å². The van der Waals surface area contributed by atoms with Crippen LogP contribution in [0, 0.1) is 0 Å². The third kappa shape index (κ3) is 4.64. The van der Waals surface area contributed by atoms with Crippen LogP contribution in [0.15, 0.2) is 73.1 Å². The van der Waals surface area contributed by atoms with Crippen LogP contribution in [0.25, 0.3) is 0 Å². The molecule has 0 unspecified atom stereocenters. The maximum Gasteiger partial charge on any atom is 0.257 e. The molecule has 3 aromatic rings. The lowest BCUT2D eigenvalue weighted by atomic mass is 10.1. The van der Waals surface area contributed by atoms with Crippen LogP contribution in [-0.2, 0) is 0 Å². The van der Waals surface area contributed by atoms with E-state index in [0.717, 1.165) is 0 Å². The van der Waals surface area contributed by atoms with Crippen molar-refractivity contribution < 1.29 is 14.4 Å². The summed E-state index contributed by atoms with van der Waals surface area (Å²) in [5, 5.41) is 5.47. The van der Waals surface area contributed by atoms with Crippen molar-refractivity contribution in [1.82, 2.24) is 4.98 Å². The van der Waals surface area contributed by atoms with Crippen molar-refractivity contribution in [2.45, 2.75) is 6.92 Å². The predicted molar refractivity (Wildman–Crippen MR) is 103 cm³/mol. The van der Waals surface area contributed by atoms with Crippen molar-refractivity contribution in [2.75, 3.05) is 10.6 Å². The van der Waals surface area contributed by atoms with Gasteiger partial charge in [-0.25, -0.2) is 0 Å². The number of nitrogens with one attached hydrogen (secondary N) is 2. The zero-order chi connectivity index (χ0) is 19.2. The first-order valence-electron chi connectivity index (χ1n) is 8.27. The first-order chi connectivity index (χ1) is 13.0. The van der Waals surface area contributed by atoms with Crippen LogP contribution in [0.2, 0.25) is 0 Å². The number of pyridine rings is 1. The summed E-state index contributed by atoms with van der Waals surface area (Å²) in [4.78, 5) is 40.0. The highest BCUT2D eigenvalue weighted by molar-refractivity contribution is 6.08. The van der Waals surface area contributed by atoms with E-state index in [1.807, 2.05) is 18.2 Å². The zero-order valence-corrected chi connectivity index (χ0v) is 14.6. The topological polar surface area (TPSA) is 88.2 Å². The molecule has 134 valence electrons. The smallest absolute Gasteiger partial charge is 0.257 e. The van der Waals surface area contributed by atoms with Gasteiger partial charge < -0.3 is 10.6 Å². The van der Waals surface area contributed by atoms with E-state index in [4.69, 9.17) is 0 Å². The Morgan fingerprint density at radius 3 is 1.74 bits per heavy atom. The fourth-order valence-electron chi connectivity index (χ4n) is 2.40. The van der Waals surface area contributed by atoms with Gasteiger partial charge in [0.25, 0.3) is 11.8 Å². The number of para-hydroxylation sites is 1. The summed E-state index contributed by atoms with van der Waals surface area (Å²) in [6.45, 7) is 1.48. The molecule has 6 heteroatoms. The number of Topliss-reactive ketones (excluding diaryl/α,β-unsaturated/α-hetero) is 1. The van der Waals surface area contributed by atoms with Crippen LogP contribution in [0.3, 0.4) is 0 Å². The van der Waals surface area contributed by atoms with E-state index in [1.165, 1.54) is 25.4 Å². The number of carbonyl (C=O) groups is 3. The fraction of sp³-hybridized carbons (Fsp3) is 0.0476. The minimum absolute atomic E-state index is 0.0470. The van der Waals surface area contributed by atoms with Crippen LogP contribution in [0.5, 0.6) is 0 Å². The lowest BCUT2D eigenvalue weighted by Crippen LogP contribution is -2.16. The maximum absolute atomic E-state index is 12.4. The van der Waals surface area contributed by atoms with Crippen LogP contribution in [0.4, 0.5) is 11.4 Å². The molecule has 2 N–H and O–H groups in total. The van der Waals surface area contributed by atoms with Crippen LogP contribution in [-0.4, -0.2) is 22.6 Å². The number of aromatic nitrogens is 1. The molecule has 2 amide bonds. The SMILES string of the molecule is CC(=O)c1ccc(NC(=O)c2cncc(C(=O)Nc3ccccc3)c2)cc1. The van der Waals surface area contributed by atoms with Crippen molar-refractivity contribution in [3.8, 4) is 0 Å². The fourth-order valence-corrected chi connectivity index (χ4v) is 2.40. The number of anilines is 2. The highest BCUT2D eigenvalue weighted by Gasteiger charge is 2.12. The van der Waals surface area contributed by atoms with Crippen molar-refractivity contribution in [2.24, 2.45) is 0 Å². The Hall–Kier alpha value is -3.80. The summed E-state index contributed by atoms with van der Waals surface area (Å²) in [5.41, 5.74) is 2.30. The van der Waals surface area contributed by atoms with Crippen molar-refractivity contribution >= 4 is 29.0 Å². The molecule has 0 saturated carbocycles. The Morgan fingerprint density at radius 2 is 1.22 bits per heavy atom. The summed E-state index contributed by atoms with van der Waals surface area (Å²) < 4.78 is 0. The largest absolute Gasteiger partial charge is 0.322 e. The standard InChI is InChI=1S/C21H17N3O3/c1-14(25)15-7-9-19(10-8-15)24-21(27)17-11-16(12-22-13-17)20(26)23-18-5-3-2-4-6-18/h2-13H,1H3,(H,23,26)(H,24,27). The average molecular weight is 359 g/mol. The molecule has 0 atom stereocenters. The Labute approximate surface area is 156 Å². The second kappa shape index (κ2) is 8.05. The molecule has 27 heavy (non-hydrogen) atoms. The number of hydrogen-bond acceptors (Lipinski definition) is 4. The van der Waals surface area contributed by atoms with Gasteiger partial charge >= 0.3 is 0 Å². The van der Waals surface area contributed by atoms with Gasteiger partial charge in [0.2, 0.25) is 0 Å². The summed E-state index contributed by atoms with van der Waals surface area (Å²) in [6.07, 6.45) is 2.79. The Morgan fingerprint density at radius 1 is 0.704 bits per heavy atom. The quantitative estimate of drug-likeness (QED) is 0.679. The zero-order valence-electron chi connectivity index (χ0n) is 14.6. The molecule has 0 radical (unpaired) electrons. The van der Waals surface area contributed by atoms with E-state index >= 15 is 0 Å². The summed E-state index contributed by atoms with van der Waals surface area (Å²) in [7, 11) is 0. The molecule has 0 saturated heterocycles. The van der Waals surface area contributed by atoms with Gasteiger partial charge in [0.05, 0.1) is 11.1 Å². The molecule has 1 heterocycles. The monoisotopic (exact) mass is 359 g/mol. The van der Waals surface area contributed by atoms with Gasteiger partial charge in [-0.2, -0.15) is 0 Å². The molecule has 2 aromatic carbocycles. The highest BCUT2D eigenvalue weighted by atomic mass is 16.2. The van der Waals surface area contributed by atoms with E-state index in [-0.39, 0.29) is 22.8 Å². The highest BCUT2D eigenvalue weighted by Crippen LogP contribution is 2.13. The summed E-state index contributed by atoms with van der Waals surface area (Å²) >= 11 is 0. The van der Waals surface area contributed by atoms with Crippen molar-refractivity contribution in [3.05, 3.63) is 89.7 Å². The molecular weight excluding hydrogens is 342 g/mol. The van der Waals surface area contributed by atoms with E-state index in [9.17, 15) is 14.4 Å². The first-order valence-corrected chi connectivity index (χ1v) is 8.27. The van der Waals surface area contributed by atoms with Gasteiger partial charge in [0.15, 0.2) is 5.78 Å². The van der Waals surface area contributed by atoms with Gasteiger partial charge in [-0.1, -0.05) is 18.2 Å². The number of nitrogens with zero attached hydrogens (tertiary/aromatic N) is 1. The van der Waals surface area contributed by atoms with Gasteiger partial charge in [-0.3, -0.25) is 19.4 Å². The van der Waals surface area contributed by atoms with Gasteiger partial charge in [0.1, 0.15) is 0 Å². The molecule has 0 aliphatic carbocycles. The van der Waals surface area contributed by atoms with Crippen LogP contribution < -0.4 is 10.6 Å². The normalized spacial score (nSPS) is 10.1. The number of ketones is 1. The van der Waals surface area contributed by atoms with Crippen LogP contribution >= 0.6 is 0 Å². The molecule has 1 aromatic heterocycles. The Bertz CT molecular complexity index is 983. The molecule has 0 aliphatic rings. The first kappa shape index (κ1) is 18.0. The van der Waals surface area contributed by atoms with E-state index in [1.54, 1.807) is 36.4 Å². The number of carbonyl (C=O) groups excluding carboxylic acids is 3. The van der Waals surface area contributed by atoms with Gasteiger partial charge in [-0.15, -0.1) is 0 Å². The molecular formula is C21H17N3O3. The lowest BCUT2D eigenvalue weighted by molar-refractivity contribution is 0.101. The minimum atomic E-state index is -0.396. The number of amides is 2. The third-order valence-corrected chi connectivity index (χ3v) is 3.84. The molecule has 0 fully saturated rings. The molecule has 0 spiro atoms. The van der Waals surface area contributed by atoms with Gasteiger partial charge in [0, 0.05) is 29.3 Å². The summed E-state index contributed by atoms with van der Waals surface area (Å²) in [6, 6.07) is 17.1. The Kier molecular flexibility index (Phi) is 5.37.